The Morgan fingerprint density at radius 1 is 1.06 bits per heavy atom. The molecule has 1 aliphatic carbocycles. The third-order valence-electron chi connectivity index (χ3n) is 4.31. The van der Waals surface area contributed by atoms with Gasteiger partial charge in [0.05, 0.1) is 6.04 Å². The van der Waals surface area contributed by atoms with Crippen LogP contribution in [0.4, 0.5) is 4.79 Å². The van der Waals surface area contributed by atoms with Crippen LogP contribution in [0.1, 0.15) is 51.9 Å². The molecule has 2 fully saturated rings. The van der Waals surface area contributed by atoms with Gasteiger partial charge in [-0.2, -0.15) is 0 Å². The van der Waals surface area contributed by atoms with Gasteiger partial charge < -0.3 is 5.11 Å². The predicted octanol–water partition coefficient (Wildman–Crippen LogP) is 2.67. The first-order valence-corrected chi connectivity index (χ1v) is 6.63. The maximum absolute atomic E-state index is 11.5. The summed E-state index contributed by atoms with van der Waals surface area (Å²) in [4.78, 5) is 24.3. The van der Waals surface area contributed by atoms with Gasteiger partial charge in [0.1, 0.15) is 0 Å². The summed E-state index contributed by atoms with van der Waals surface area (Å²) >= 11 is 0. The highest BCUT2D eigenvalue weighted by Crippen LogP contribution is 2.37. The first-order valence-electron chi connectivity index (χ1n) is 6.63. The molecule has 0 radical (unpaired) electrons. The second-order valence-electron chi connectivity index (χ2n) is 5.36. The fraction of sp³-hybridized carbons (Fsp3) is 0.846. The van der Waals surface area contributed by atoms with Gasteiger partial charge >= 0.3 is 6.09 Å². The minimum Gasteiger partial charge on any atom is -0.465 e. The zero-order valence-corrected chi connectivity index (χ0v) is 10.4. The summed E-state index contributed by atoms with van der Waals surface area (Å²) in [6.45, 7) is 1.50. The van der Waals surface area contributed by atoms with E-state index in [-0.39, 0.29) is 17.9 Å². The molecule has 0 aromatic rings. The monoisotopic (exact) mass is 239 g/mol. The van der Waals surface area contributed by atoms with Crippen LogP contribution in [0, 0.1) is 5.92 Å². The van der Waals surface area contributed by atoms with Crippen LogP contribution in [0.2, 0.25) is 0 Å². The minimum atomic E-state index is -0.918. The lowest BCUT2D eigenvalue weighted by molar-refractivity contribution is -0.121. The first-order chi connectivity index (χ1) is 8.11. The Hall–Kier alpha value is -1.06. The summed E-state index contributed by atoms with van der Waals surface area (Å²) in [5, 5.41) is 9.31. The number of carbonyl (C=O) groups excluding carboxylic acids is 1. The van der Waals surface area contributed by atoms with Crippen LogP contribution in [-0.2, 0) is 4.79 Å². The SMILES string of the molecule is CC(=O)[C@H]1CC[C@@H](C2CCCCC2)N1C(=O)O. The van der Waals surface area contributed by atoms with Crippen molar-refractivity contribution in [1.29, 1.82) is 0 Å². The summed E-state index contributed by atoms with van der Waals surface area (Å²) in [5.74, 6) is 0.468. The highest BCUT2D eigenvalue weighted by molar-refractivity contribution is 5.85. The molecular weight excluding hydrogens is 218 g/mol. The van der Waals surface area contributed by atoms with Gasteiger partial charge in [-0.05, 0) is 38.5 Å². The van der Waals surface area contributed by atoms with Gasteiger partial charge in [0.25, 0.3) is 0 Å². The highest BCUT2D eigenvalue weighted by Gasteiger charge is 2.42. The van der Waals surface area contributed by atoms with E-state index in [1.54, 1.807) is 0 Å². The fourth-order valence-electron chi connectivity index (χ4n) is 3.49. The van der Waals surface area contributed by atoms with Crippen molar-refractivity contribution in [2.45, 2.75) is 64.0 Å². The van der Waals surface area contributed by atoms with Gasteiger partial charge in [0.15, 0.2) is 5.78 Å². The number of carbonyl (C=O) groups is 2. The summed E-state index contributed by atoms with van der Waals surface area (Å²) in [6, 6.07) is -0.305. The van der Waals surface area contributed by atoms with Crippen molar-refractivity contribution in [1.82, 2.24) is 4.90 Å². The predicted molar refractivity (Wildman–Crippen MR) is 63.9 cm³/mol. The number of rotatable bonds is 2. The van der Waals surface area contributed by atoms with Gasteiger partial charge in [-0.3, -0.25) is 9.69 Å². The number of hydrogen-bond acceptors (Lipinski definition) is 2. The molecule has 1 saturated carbocycles. The number of amides is 1. The van der Waals surface area contributed by atoms with Crippen molar-refractivity contribution >= 4 is 11.9 Å². The summed E-state index contributed by atoms with van der Waals surface area (Å²) < 4.78 is 0. The number of likely N-dealkylation sites (tertiary alicyclic amines) is 1. The average molecular weight is 239 g/mol. The zero-order valence-electron chi connectivity index (χ0n) is 10.4. The number of carboxylic acid groups (broad SMARTS) is 1. The van der Waals surface area contributed by atoms with Crippen LogP contribution >= 0.6 is 0 Å². The normalized spacial score (nSPS) is 30.5. The third-order valence-corrected chi connectivity index (χ3v) is 4.31. The van der Waals surface area contributed by atoms with E-state index >= 15 is 0 Å². The maximum Gasteiger partial charge on any atom is 0.408 e. The van der Waals surface area contributed by atoms with E-state index in [1.807, 2.05) is 0 Å². The lowest BCUT2D eigenvalue weighted by atomic mass is 9.83. The number of ketones is 1. The number of hydrogen-bond donors (Lipinski definition) is 1. The Morgan fingerprint density at radius 2 is 1.71 bits per heavy atom. The molecule has 2 atom stereocenters. The van der Waals surface area contributed by atoms with E-state index in [2.05, 4.69) is 0 Å². The molecule has 96 valence electrons. The fourth-order valence-corrected chi connectivity index (χ4v) is 3.49. The van der Waals surface area contributed by atoms with Crippen LogP contribution in [0.25, 0.3) is 0 Å². The minimum absolute atomic E-state index is 0.00860. The van der Waals surface area contributed by atoms with Crippen molar-refractivity contribution in [3.05, 3.63) is 0 Å². The molecule has 1 heterocycles. The Morgan fingerprint density at radius 3 is 2.24 bits per heavy atom. The Bertz CT molecular complexity index is 310. The summed E-state index contributed by atoms with van der Waals surface area (Å²) in [7, 11) is 0. The van der Waals surface area contributed by atoms with Gasteiger partial charge in [-0.1, -0.05) is 19.3 Å². The maximum atomic E-state index is 11.5. The van der Waals surface area contributed by atoms with Crippen LogP contribution in [0.3, 0.4) is 0 Å². The van der Waals surface area contributed by atoms with E-state index in [0.29, 0.717) is 12.3 Å². The van der Waals surface area contributed by atoms with E-state index in [1.165, 1.54) is 31.1 Å². The smallest absolute Gasteiger partial charge is 0.408 e. The highest BCUT2D eigenvalue weighted by atomic mass is 16.4. The van der Waals surface area contributed by atoms with E-state index in [0.717, 1.165) is 19.3 Å². The van der Waals surface area contributed by atoms with Crippen molar-refractivity contribution in [3.63, 3.8) is 0 Å². The zero-order chi connectivity index (χ0) is 12.4. The van der Waals surface area contributed by atoms with Crippen molar-refractivity contribution in [2.75, 3.05) is 0 Å². The molecule has 4 nitrogen and oxygen atoms in total. The molecule has 0 spiro atoms. The first kappa shape index (κ1) is 12.4. The van der Waals surface area contributed by atoms with Crippen molar-refractivity contribution < 1.29 is 14.7 Å². The molecule has 0 aromatic heterocycles. The molecule has 0 bridgehead atoms. The second-order valence-corrected chi connectivity index (χ2v) is 5.36. The molecule has 2 aliphatic rings. The molecule has 2 rings (SSSR count). The van der Waals surface area contributed by atoms with E-state index < -0.39 is 6.09 Å². The lowest BCUT2D eigenvalue weighted by Crippen LogP contribution is -2.46. The molecule has 1 N–H and O–H groups in total. The molecule has 0 unspecified atom stereocenters. The van der Waals surface area contributed by atoms with Crippen LogP contribution < -0.4 is 0 Å². The molecule has 1 amide bonds. The molecule has 0 aromatic carbocycles. The Kier molecular flexibility index (Phi) is 3.69. The third kappa shape index (κ3) is 2.45. The largest absolute Gasteiger partial charge is 0.465 e. The molecule has 4 heteroatoms. The van der Waals surface area contributed by atoms with Gasteiger partial charge in [0.2, 0.25) is 0 Å². The van der Waals surface area contributed by atoms with Gasteiger partial charge in [0, 0.05) is 6.04 Å². The van der Waals surface area contributed by atoms with E-state index in [9.17, 15) is 14.7 Å². The molecule has 17 heavy (non-hydrogen) atoms. The number of Topliss-reactive ketones (excluding diaryl/α,β-unsaturated/α-hetero) is 1. The molecule has 1 aliphatic heterocycles. The van der Waals surface area contributed by atoms with Crippen LogP contribution in [0.5, 0.6) is 0 Å². The quantitative estimate of drug-likeness (QED) is 0.806. The standard InChI is InChI=1S/C13H21NO3/c1-9(15)11-7-8-12(14(11)13(16)17)10-5-3-2-4-6-10/h10-12H,2-8H2,1H3,(H,16,17)/t11-,12+/m1/s1. The van der Waals surface area contributed by atoms with Crippen LogP contribution in [0.15, 0.2) is 0 Å². The summed E-state index contributed by atoms with van der Waals surface area (Å²) in [5.41, 5.74) is 0. The van der Waals surface area contributed by atoms with Gasteiger partial charge in [-0.25, -0.2) is 4.79 Å². The Balaban J connectivity index is 2.11. The molecule has 1 saturated heterocycles. The average Bonchev–Trinajstić information content (AvgIpc) is 2.74. The molecular formula is C13H21NO3. The Labute approximate surface area is 102 Å². The number of nitrogens with zero attached hydrogens (tertiary/aromatic N) is 1. The van der Waals surface area contributed by atoms with Crippen molar-refractivity contribution in [2.24, 2.45) is 5.92 Å². The second kappa shape index (κ2) is 5.07. The summed E-state index contributed by atoms with van der Waals surface area (Å²) in [6.07, 6.45) is 6.59. The van der Waals surface area contributed by atoms with Crippen molar-refractivity contribution in [3.8, 4) is 0 Å². The van der Waals surface area contributed by atoms with Gasteiger partial charge in [-0.15, -0.1) is 0 Å². The topological polar surface area (TPSA) is 57.6 Å². The lowest BCUT2D eigenvalue weighted by Gasteiger charge is -2.34. The van der Waals surface area contributed by atoms with Crippen LogP contribution in [-0.4, -0.2) is 34.0 Å². The van der Waals surface area contributed by atoms with E-state index in [4.69, 9.17) is 0 Å².